The number of hydrogen-bond donors (Lipinski definition) is 2. The Morgan fingerprint density at radius 2 is 2.67 bits per heavy atom. The minimum Gasteiger partial charge on any atom is -0.482 e. The summed E-state index contributed by atoms with van der Waals surface area (Å²) < 4.78 is 4.75. The molecule has 0 saturated carbocycles. The van der Waals surface area contributed by atoms with Gasteiger partial charge in [0.15, 0.2) is 6.10 Å². The number of carboxylic acids is 1. The first-order valence-electron chi connectivity index (χ1n) is 3.40. The molecule has 2 atom stereocenters. The number of aliphatic carboxylic acids is 1. The van der Waals surface area contributed by atoms with Crippen LogP contribution in [-0.2, 0) is 14.4 Å². The van der Waals surface area contributed by atoms with Crippen LogP contribution >= 0.6 is 0 Å². The van der Waals surface area contributed by atoms with Gasteiger partial charge >= 0.3 is 5.97 Å². The van der Waals surface area contributed by atoms with Crippen LogP contribution in [0.1, 0.15) is 6.42 Å². The van der Waals surface area contributed by atoms with Gasteiger partial charge in [0.2, 0.25) is 5.90 Å². The second-order valence-electron chi connectivity index (χ2n) is 2.40. The van der Waals surface area contributed by atoms with Crippen LogP contribution in [0.15, 0.2) is 5.16 Å². The van der Waals surface area contributed by atoms with Crippen LogP contribution in [0.3, 0.4) is 0 Å². The van der Waals surface area contributed by atoms with Crippen molar-refractivity contribution in [2.24, 2.45) is 10.9 Å². The Morgan fingerprint density at radius 1 is 2.00 bits per heavy atom. The fourth-order valence-corrected chi connectivity index (χ4v) is 0.845. The van der Waals surface area contributed by atoms with E-state index in [1.165, 1.54) is 7.11 Å². The summed E-state index contributed by atoms with van der Waals surface area (Å²) in [5, 5.41) is 12.0. The highest BCUT2D eigenvalue weighted by Gasteiger charge is 2.32. The standard InChI is InChI=1S/C6H10N2O4/c1-11-4-2-3(12-8-4)5(7)6(9)10/h3,5H,2,7H2,1H3,(H,9,10)/t3-,5-/m0/s1. The lowest BCUT2D eigenvalue weighted by Gasteiger charge is -2.11. The van der Waals surface area contributed by atoms with Gasteiger partial charge in [0.25, 0.3) is 0 Å². The molecule has 0 spiro atoms. The van der Waals surface area contributed by atoms with Gasteiger partial charge in [0.1, 0.15) is 6.04 Å². The Balaban J connectivity index is 2.45. The van der Waals surface area contributed by atoms with E-state index in [4.69, 9.17) is 20.4 Å². The fourth-order valence-electron chi connectivity index (χ4n) is 0.845. The van der Waals surface area contributed by atoms with Crippen LogP contribution in [-0.4, -0.2) is 36.2 Å². The number of carbonyl (C=O) groups is 1. The normalized spacial score (nSPS) is 24.2. The maximum atomic E-state index is 10.4. The van der Waals surface area contributed by atoms with E-state index >= 15 is 0 Å². The highest BCUT2D eigenvalue weighted by molar-refractivity contribution is 5.80. The molecule has 0 radical (unpaired) electrons. The van der Waals surface area contributed by atoms with Crippen molar-refractivity contribution in [2.45, 2.75) is 18.6 Å². The lowest BCUT2D eigenvalue weighted by atomic mass is 10.1. The van der Waals surface area contributed by atoms with Gasteiger partial charge in [0.05, 0.1) is 13.5 Å². The fraction of sp³-hybridized carbons (Fsp3) is 0.667. The second-order valence-corrected chi connectivity index (χ2v) is 2.40. The molecular formula is C6H10N2O4. The smallest absolute Gasteiger partial charge is 0.324 e. The molecule has 0 saturated heterocycles. The summed E-state index contributed by atoms with van der Waals surface area (Å²) in [5.74, 6) is -0.732. The van der Waals surface area contributed by atoms with E-state index in [0.717, 1.165) is 0 Å². The van der Waals surface area contributed by atoms with Crippen molar-refractivity contribution in [3.05, 3.63) is 0 Å². The average molecular weight is 174 g/mol. The number of ether oxygens (including phenoxy) is 1. The minimum absolute atomic E-state index is 0.309. The van der Waals surface area contributed by atoms with Crippen molar-refractivity contribution in [2.75, 3.05) is 7.11 Å². The van der Waals surface area contributed by atoms with Crippen molar-refractivity contribution in [3.8, 4) is 0 Å². The van der Waals surface area contributed by atoms with Crippen LogP contribution in [0.5, 0.6) is 0 Å². The first-order valence-corrected chi connectivity index (χ1v) is 3.40. The predicted octanol–water partition coefficient (Wildman–Crippen LogP) is -0.853. The van der Waals surface area contributed by atoms with Crippen molar-refractivity contribution in [3.63, 3.8) is 0 Å². The number of nitrogens with zero attached hydrogens (tertiary/aromatic N) is 1. The zero-order chi connectivity index (χ0) is 9.14. The van der Waals surface area contributed by atoms with E-state index in [1.807, 2.05) is 0 Å². The minimum atomic E-state index is -1.10. The topological polar surface area (TPSA) is 94.1 Å². The van der Waals surface area contributed by atoms with E-state index in [9.17, 15) is 4.79 Å². The molecule has 6 nitrogen and oxygen atoms in total. The molecule has 1 aliphatic heterocycles. The number of hydrogen-bond acceptors (Lipinski definition) is 5. The van der Waals surface area contributed by atoms with Gasteiger partial charge in [-0.1, -0.05) is 5.16 Å². The number of carboxylic acid groups (broad SMARTS) is 1. The highest BCUT2D eigenvalue weighted by Crippen LogP contribution is 2.13. The number of oxime groups is 1. The third kappa shape index (κ3) is 1.65. The van der Waals surface area contributed by atoms with Crippen molar-refractivity contribution >= 4 is 11.9 Å². The zero-order valence-corrected chi connectivity index (χ0v) is 6.56. The first kappa shape index (κ1) is 8.79. The summed E-state index contributed by atoms with van der Waals surface area (Å²) >= 11 is 0. The lowest BCUT2D eigenvalue weighted by Crippen LogP contribution is -2.41. The highest BCUT2D eigenvalue weighted by atomic mass is 16.7. The van der Waals surface area contributed by atoms with Gasteiger partial charge in [0, 0.05) is 0 Å². The Kier molecular flexibility index (Phi) is 2.49. The summed E-state index contributed by atoms with van der Waals surface area (Å²) in [6, 6.07) is -1.05. The molecule has 0 aromatic heterocycles. The third-order valence-corrected chi connectivity index (χ3v) is 1.59. The molecule has 1 rings (SSSR count). The van der Waals surface area contributed by atoms with Crippen LogP contribution in [0, 0.1) is 0 Å². The van der Waals surface area contributed by atoms with Gasteiger partial charge in [-0.25, -0.2) is 0 Å². The zero-order valence-electron chi connectivity index (χ0n) is 6.56. The third-order valence-electron chi connectivity index (χ3n) is 1.59. The van der Waals surface area contributed by atoms with E-state index in [2.05, 4.69) is 5.16 Å². The summed E-state index contributed by atoms with van der Waals surface area (Å²) in [5.41, 5.74) is 5.29. The Bertz CT molecular complexity index is 216. The molecule has 0 bridgehead atoms. The summed E-state index contributed by atoms with van der Waals surface area (Å²) in [6.45, 7) is 0. The largest absolute Gasteiger partial charge is 0.482 e. The Morgan fingerprint density at radius 3 is 3.08 bits per heavy atom. The summed E-state index contributed by atoms with van der Waals surface area (Å²) in [4.78, 5) is 15.1. The molecule has 0 fully saturated rings. The van der Waals surface area contributed by atoms with Crippen LogP contribution in [0.4, 0.5) is 0 Å². The molecule has 0 aromatic rings. The van der Waals surface area contributed by atoms with Gasteiger partial charge < -0.3 is 20.4 Å². The predicted molar refractivity (Wildman–Crippen MR) is 39.5 cm³/mol. The van der Waals surface area contributed by atoms with E-state index in [-0.39, 0.29) is 0 Å². The van der Waals surface area contributed by atoms with Crippen molar-refractivity contribution < 1.29 is 19.5 Å². The monoisotopic (exact) mass is 174 g/mol. The Labute approximate surface area is 68.9 Å². The van der Waals surface area contributed by atoms with Gasteiger partial charge in [-0.2, -0.15) is 0 Å². The molecule has 0 unspecified atom stereocenters. The molecule has 0 aromatic carbocycles. The van der Waals surface area contributed by atoms with E-state index in [1.54, 1.807) is 0 Å². The van der Waals surface area contributed by atoms with Crippen LogP contribution < -0.4 is 5.73 Å². The summed E-state index contributed by atoms with van der Waals surface area (Å²) in [6.07, 6.45) is -0.304. The number of nitrogens with two attached hydrogens (primary N) is 1. The molecular weight excluding hydrogens is 164 g/mol. The first-order chi connectivity index (χ1) is 5.65. The second kappa shape index (κ2) is 3.40. The van der Waals surface area contributed by atoms with Gasteiger partial charge in [-0.05, 0) is 0 Å². The maximum absolute atomic E-state index is 10.4. The van der Waals surface area contributed by atoms with Crippen molar-refractivity contribution in [1.82, 2.24) is 0 Å². The molecule has 0 amide bonds. The molecule has 6 heteroatoms. The van der Waals surface area contributed by atoms with E-state index < -0.39 is 18.1 Å². The van der Waals surface area contributed by atoms with E-state index in [0.29, 0.717) is 12.3 Å². The van der Waals surface area contributed by atoms with Gasteiger partial charge in [-0.3, -0.25) is 4.79 Å². The number of rotatable bonds is 2. The molecule has 1 aliphatic rings. The van der Waals surface area contributed by atoms with Crippen molar-refractivity contribution in [1.29, 1.82) is 0 Å². The maximum Gasteiger partial charge on any atom is 0.324 e. The number of methoxy groups -OCH3 is 1. The molecule has 0 aliphatic carbocycles. The molecule has 68 valence electrons. The molecule has 1 heterocycles. The van der Waals surface area contributed by atoms with Crippen LogP contribution in [0.25, 0.3) is 0 Å². The van der Waals surface area contributed by atoms with Gasteiger partial charge in [-0.15, -0.1) is 0 Å². The summed E-state index contributed by atoms with van der Waals surface area (Å²) in [7, 11) is 1.44. The van der Waals surface area contributed by atoms with Crippen LogP contribution in [0.2, 0.25) is 0 Å². The molecule has 3 N–H and O–H groups in total. The Hall–Kier alpha value is -1.30. The lowest BCUT2D eigenvalue weighted by molar-refractivity contribution is -0.141. The SMILES string of the molecule is COC1=NO[C@H]([C@H](N)C(=O)O)C1. The quantitative estimate of drug-likeness (QED) is 0.568. The molecule has 12 heavy (non-hydrogen) atoms. The average Bonchev–Trinajstić information content (AvgIpc) is 2.50.